The number of alkyl halides is 3. The largest absolute Gasteiger partial charge is 0.416 e. The van der Waals surface area contributed by atoms with Crippen LogP contribution in [0.25, 0.3) is 0 Å². The summed E-state index contributed by atoms with van der Waals surface area (Å²) in [5, 5.41) is 0. The van der Waals surface area contributed by atoms with Gasteiger partial charge in [0.15, 0.2) is 0 Å². The van der Waals surface area contributed by atoms with Gasteiger partial charge in [0.05, 0.1) is 22.8 Å². The number of thioether (sulfide) groups is 1. The van der Waals surface area contributed by atoms with Gasteiger partial charge in [-0.1, -0.05) is 12.1 Å². The molecule has 0 radical (unpaired) electrons. The molecule has 1 aliphatic rings. The van der Waals surface area contributed by atoms with Crippen LogP contribution in [0, 0.1) is 6.92 Å². The number of aryl methyl sites for hydroxylation is 1. The van der Waals surface area contributed by atoms with Gasteiger partial charge in [0.2, 0.25) is 5.91 Å². The Morgan fingerprint density at radius 2 is 2.04 bits per heavy atom. The van der Waals surface area contributed by atoms with Gasteiger partial charge in [0, 0.05) is 0 Å². The van der Waals surface area contributed by atoms with Crippen molar-refractivity contribution in [3.8, 4) is 0 Å². The Labute approximate surface area is 151 Å². The van der Waals surface area contributed by atoms with Crippen LogP contribution in [0.3, 0.4) is 0 Å². The quantitative estimate of drug-likeness (QED) is 0.886. The van der Waals surface area contributed by atoms with E-state index in [4.69, 9.17) is 5.73 Å². The van der Waals surface area contributed by atoms with Gasteiger partial charge in [-0.3, -0.25) is 14.5 Å². The fourth-order valence-electron chi connectivity index (χ4n) is 2.63. The number of hydrogen-bond acceptors (Lipinski definition) is 4. The fourth-order valence-corrected chi connectivity index (χ4v) is 3.52. The summed E-state index contributed by atoms with van der Waals surface area (Å²) in [6.07, 6.45) is -4.48. The maximum absolute atomic E-state index is 13.1. The minimum Gasteiger partial charge on any atom is -0.364 e. The number of benzene rings is 1. The standard InChI is InChI=1S/C17H14F3N3O2S/c1-9-2-3-10(6-11(9)17(18,19)20)7-23-14(24)8-26-13-5-4-12(15(21)25)22-16(13)23/h2-6H,7-8H2,1H3,(H2,21,25). The number of hydrogen-bond donors (Lipinski definition) is 1. The molecular formula is C17H14F3N3O2S. The molecule has 0 atom stereocenters. The smallest absolute Gasteiger partial charge is 0.364 e. The second kappa shape index (κ2) is 6.64. The summed E-state index contributed by atoms with van der Waals surface area (Å²) < 4.78 is 39.4. The van der Waals surface area contributed by atoms with E-state index in [1.165, 1.54) is 41.8 Å². The SMILES string of the molecule is Cc1ccc(CN2C(=O)CSc3ccc(C(N)=O)nc32)cc1C(F)(F)F. The number of rotatable bonds is 3. The molecule has 0 saturated heterocycles. The van der Waals surface area contributed by atoms with Crippen LogP contribution in [-0.4, -0.2) is 22.6 Å². The molecule has 1 aromatic carbocycles. The zero-order valence-corrected chi connectivity index (χ0v) is 14.4. The van der Waals surface area contributed by atoms with Gasteiger partial charge < -0.3 is 5.73 Å². The molecule has 3 rings (SSSR count). The van der Waals surface area contributed by atoms with Gasteiger partial charge in [-0.25, -0.2) is 4.98 Å². The molecule has 0 fully saturated rings. The molecule has 0 unspecified atom stereocenters. The van der Waals surface area contributed by atoms with Crippen LogP contribution in [0.15, 0.2) is 35.2 Å². The van der Waals surface area contributed by atoms with Crippen molar-refractivity contribution in [2.24, 2.45) is 5.73 Å². The van der Waals surface area contributed by atoms with Crippen molar-refractivity contribution < 1.29 is 22.8 Å². The summed E-state index contributed by atoms with van der Waals surface area (Å²) in [6, 6.07) is 7.02. The van der Waals surface area contributed by atoms with Gasteiger partial charge in [0.25, 0.3) is 5.91 Å². The first-order chi connectivity index (χ1) is 12.2. The molecule has 2 aromatic rings. The van der Waals surface area contributed by atoms with Gasteiger partial charge in [0.1, 0.15) is 11.5 Å². The Morgan fingerprint density at radius 3 is 2.69 bits per heavy atom. The molecule has 0 bridgehead atoms. The molecule has 9 heteroatoms. The second-order valence-corrected chi connectivity index (χ2v) is 6.82. The van der Waals surface area contributed by atoms with E-state index in [1.807, 2.05) is 0 Å². The third-order valence-electron chi connectivity index (χ3n) is 3.95. The van der Waals surface area contributed by atoms with Crippen molar-refractivity contribution in [3.05, 3.63) is 52.7 Å². The van der Waals surface area contributed by atoms with E-state index in [9.17, 15) is 22.8 Å². The first-order valence-corrected chi connectivity index (χ1v) is 8.56. The van der Waals surface area contributed by atoms with Crippen LogP contribution in [-0.2, 0) is 17.5 Å². The van der Waals surface area contributed by atoms with Crippen molar-refractivity contribution in [2.75, 3.05) is 10.7 Å². The van der Waals surface area contributed by atoms with Gasteiger partial charge in [-0.15, -0.1) is 11.8 Å². The monoisotopic (exact) mass is 381 g/mol. The molecule has 0 spiro atoms. The molecule has 2 amide bonds. The number of aromatic nitrogens is 1. The summed E-state index contributed by atoms with van der Waals surface area (Å²) in [5.74, 6) is -0.671. The normalized spacial score (nSPS) is 14.3. The molecule has 136 valence electrons. The lowest BCUT2D eigenvalue weighted by molar-refractivity contribution is -0.138. The average molecular weight is 381 g/mol. The highest BCUT2D eigenvalue weighted by Gasteiger charge is 2.33. The molecule has 2 heterocycles. The van der Waals surface area contributed by atoms with Crippen molar-refractivity contribution in [3.63, 3.8) is 0 Å². The Bertz CT molecular complexity index is 899. The van der Waals surface area contributed by atoms with E-state index in [2.05, 4.69) is 4.98 Å². The number of pyridine rings is 1. The number of carbonyl (C=O) groups is 2. The predicted octanol–water partition coefficient (Wildman–Crippen LogP) is 3.15. The zero-order chi connectivity index (χ0) is 19.1. The van der Waals surface area contributed by atoms with Crippen LogP contribution >= 0.6 is 11.8 Å². The number of amides is 2. The molecule has 1 aliphatic heterocycles. The number of nitrogens with two attached hydrogens (primary N) is 1. The maximum Gasteiger partial charge on any atom is 0.416 e. The number of halogens is 3. The molecular weight excluding hydrogens is 367 g/mol. The lowest BCUT2D eigenvalue weighted by Gasteiger charge is -2.28. The molecule has 0 saturated carbocycles. The predicted molar refractivity (Wildman–Crippen MR) is 90.8 cm³/mol. The van der Waals surface area contributed by atoms with E-state index >= 15 is 0 Å². The Kier molecular flexibility index (Phi) is 4.66. The molecule has 5 nitrogen and oxygen atoms in total. The minimum absolute atomic E-state index is 0.0102. The third kappa shape index (κ3) is 3.52. The highest BCUT2D eigenvalue weighted by molar-refractivity contribution is 8.00. The highest BCUT2D eigenvalue weighted by Crippen LogP contribution is 2.36. The molecule has 26 heavy (non-hydrogen) atoms. The average Bonchev–Trinajstić information content (AvgIpc) is 2.57. The van der Waals surface area contributed by atoms with Gasteiger partial charge in [-0.05, 0) is 36.2 Å². The summed E-state index contributed by atoms with van der Waals surface area (Å²) >= 11 is 1.26. The minimum atomic E-state index is -4.48. The highest BCUT2D eigenvalue weighted by atomic mass is 32.2. The first kappa shape index (κ1) is 18.2. The van der Waals surface area contributed by atoms with Crippen molar-refractivity contribution >= 4 is 29.4 Å². The van der Waals surface area contributed by atoms with Crippen LogP contribution in [0.4, 0.5) is 19.0 Å². The summed E-state index contributed by atoms with van der Waals surface area (Å²) in [5.41, 5.74) is 4.90. The maximum atomic E-state index is 13.1. The van der Waals surface area contributed by atoms with Crippen molar-refractivity contribution in [2.45, 2.75) is 24.5 Å². The Hall–Kier alpha value is -2.55. The van der Waals surface area contributed by atoms with E-state index < -0.39 is 17.6 Å². The van der Waals surface area contributed by atoms with Crippen LogP contribution in [0.1, 0.15) is 27.2 Å². The van der Waals surface area contributed by atoms with E-state index in [0.29, 0.717) is 10.5 Å². The number of anilines is 1. The van der Waals surface area contributed by atoms with Crippen LogP contribution < -0.4 is 10.6 Å². The van der Waals surface area contributed by atoms with Gasteiger partial charge >= 0.3 is 6.18 Å². The summed E-state index contributed by atoms with van der Waals surface area (Å²) in [7, 11) is 0. The first-order valence-electron chi connectivity index (χ1n) is 7.57. The molecule has 2 N–H and O–H groups in total. The number of fused-ring (bicyclic) bond motifs is 1. The van der Waals surface area contributed by atoms with Crippen LogP contribution in [0.5, 0.6) is 0 Å². The molecule has 0 aliphatic carbocycles. The van der Waals surface area contributed by atoms with Crippen molar-refractivity contribution in [1.29, 1.82) is 0 Å². The number of primary amides is 1. The molecule has 1 aromatic heterocycles. The Morgan fingerprint density at radius 1 is 1.31 bits per heavy atom. The van der Waals surface area contributed by atoms with Gasteiger partial charge in [-0.2, -0.15) is 13.2 Å². The topological polar surface area (TPSA) is 76.3 Å². The lowest BCUT2D eigenvalue weighted by Crippen LogP contribution is -2.36. The lowest BCUT2D eigenvalue weighted by atomic mass is 10.0. The number of carbonyl (C=O) groups excluding carboxylic acids is 2. The summed E-state index contributed by atoms with van der Waals surface area (Å²) in [6.45, 7) is 1.30. The zero-order valence-electron chi connectivity index (χ0n) is 13.6. The second-order valence-electron chi connectivity index (χ2n) is 5.80. The van der Waals surface area contributed by atoms with E-state index in [-0.39, 0.29) is 35.3 Å². The van der Waals surface area contributed by atoms with E-state index in [0.717, 1.165) is 6.07 Å². The Balaban J connectivity index is 1.99. The van der Waals surface area contributed by atoms with Crippen molar-refractivity contribution in [1.82, 2.24) is 4.98 Å². The van der Waals surface area contributed by atoms with E-state index in [1.54, 1.807) is 6.07 Å². The number of nitrogens with zero attached hydrogens (tertiary/aromatic N) is 2. The van der Waals surface area contributed by atoms with Crippen LogP contribution in [0.2, 0.25) is 0 Å². The fraction of sp³-hybridized carbons (Fsp3) is 0.235. The summed E-state index contributed by atoms with van der Waals surface area (Å²) in [4.78, 5) is 29.7. The third-order valence-corrected chi connectivity index (χ3v) is 4.97.